The molecule has 0 spiro atoms. The van der Waals surface area contributed by atoms with Crippen LogP contribution in [-0.4, -0.2) is 21.7 Å². The lowest BCUT2D eigenvalue weighted by atomic mass is 10.0. The van der Waals surface area contributed by atoms with Gasteiger partial charge in [-0.25, -0.2) is 13.2 Å². The van der Waals surface area contributed by atoms with E-state index in [1.54, 1.807) is 17.2 Å². The van der Waals surface area contributed by atoms with Gasteiger partial charge in [-0.1, -0.05) is 0 Å². The lowest BCUT2D eigenvalue weighted by molar-refractivity contribution is 0.0740. The number of nitrogens with zero attached hydrogens (tertiary/aromatic N) is 2. The number of rotatable bonds is 2. The van der Waals surface area contributed by atoms with E-state index in [4.69, 9.17) is 0 Å². The number of carbonyl (C=O) groups is 1. The van der Waals surface area contributed by atoms with Gasteiger partial charge in [0, 0.05) is 18.8 Å². The maximum Gasteiger partial charge on any atom is 0.266 e. The lowest BCUT2D eigenvalue weighted by Crippen LogP contribution is -2.30. The van der Waals surface area contributed by atoms with Crippen LogP contribution < -0.4 is 0 Å². The van der Waals surface area contributed by atoms with Crippen molar-refractivity contribution in [3.8, 4) is 0 Å². The normalized spacial score (nSPS) is 18.5. The summed E-state index contributed by atoms with van der Waals surface area (Å²) >= 11 is 1.13. The van der Waals surface area contributed by atoms with Crippen LogP contribution in [0.25, 0.3) is 0 Å². The molecule has 1 fully saturated rings. The standard InChI is InChI=1S/C14H12F2N2OS/c15-10-6-9(7-11(16)8-10)12-2-1-5-18(12)14(19)13-3-4-17-20-13/h3-4,6-8,12H,1-2,5H2. The zero-order chi connectivity index (χ0) is 14.1. The first-order valence-corrected chi connectivity index (χ1v) is 7.10. The van der Waals surface area contributed by atoms with E-state index in [-0.39, 0.29) is 11.9 Å². The average molecular weight is 294 g/mol. The van der Waals surface area contributed by atoms with Crippen LogP contribution >= 0.6 is 11.5 Å². The summed E-state index contributed by atoms with van der Waals surface area (Å²) in [4.78, 5) is 14.6. The highest BCUT2D eigenvalue weighted by molar-refractivity contribution is 7.08. The van der Waals surface area contributed by atoms with E-state index in [0.717, 1.165) is 24.0 Å². The Hall–Kier alpha value is -1.82. The van der Waals surface area contributed by atoms with Crippen molar-refractivity contribution in [2.75, 3.05) is 6.54 Å². The Morgan fingerprint density at radius 3 is 2.70 bits per heavy atom. The lowest BCUT2D eigenvalue weighted by Gasteiger charge is -2.24. The topological polar surface area (TPSA) is 33.2 Å². The van der Waals surface area contributed by atoms with Crippen molar-refractivity contribution in [2.45, 2.75) is 18.9 Å². The highest BCUT2D eigenvalue weighted by Gasteiger charge is 2.31. The molecule has 20 heavy (non-hydrogen) atoms. The van der Waals surface area contributed by atoms with Crippen molar-refractivity contribution in [3.63, 3.8) is 0 Å². The van der Waals surface area contributed by atoms with Gasteiger partial charge in [0.2, 0.25) is 0 Å². The highest BCUT2D eigenvalue weighted by atomic mass is 32.1. The first-order valence-electron chi connectivity index (χ1n) is 6.33. The van der Waals surface area contributed by atoms with Crippen molar-refractivity contribution >= 4 is 17.4 Å². The first-order chi connectivity index (χ1) is 9.65. The molecule has 1 aliphatic rings. The molecule has 2 aromatic rings. The summed E-state index contributed by atoms with van der Waals surface area (Å²) in [7, 11) is 0. The molecule has 3 nitrogen and oxygen atoms in total. The van der Waals surface area contributed by atoms with E-state index in [2.05, 4.69) is 4.37 Å². The number of aromatic nitrogens is 1. The SMILES string of the molecule is O=C(c1ccns1)N1CCCC1c1cc(F)cc(F)c1. The van der Waals surface area contributed by atoms with Crippen LogP contribution in [0.3, 0.4) is 0 Å². The summed E-state index contributed by atoms with van der Waals surface area (Å²) in [6, 6.07) is 4.83. The molecule has 1 amide bonds. The van der Waals surface area contributed by atoms with Gasteiger partial charge in [0.1, 0.15) is 16.5 Å². The Labute approximate surface area is 119 Å². The number of carbonyl (C=O) groups excluding carboxylic acids is 1. The minimum Gasteiger partial charge on any atom is -0.331 e. The number of hydrogen-bond acceptors (Lipinski definition) is 3. The van der Waals surface area contributed by atoms with Crippen LogP contribution in [0.15, 0.2) is 30.5 Å². The Balaban J connectivity index is 1.90. The Kier molecular flexibility index (Phi) is 3.48. The van der Waals surface area contributed by atoms with Crippen LogP contribution in [0, 0.1) is 11.6 Å². The fraction of sp³-hybridized carbons (Fsp3) is 0.286. The molecule has 3 rings (SSSR count). The van der Waals surface area contributed by atoms with Gasteiger partial charge in [-0.15, -0.1) is 0 Å². The molecule has 1 atom stereocenters. The Morgan fingerprint density at radius 2 is 2.05 bits per heavy atom. The molecule has 0 N–H and O–H groups in total. The van der Waals surface area contributed by atoms with Crippen molar-refractivity contribution in [3.05, 3.63) is 52.5 Å². The van der Waals surface area contributed by atoms with Gasteiger partial charge in [0.05, 0.1) is 6.04 Å². The molecule has 2 heterocycles. The van der Waals surface area contributed by atoms with Crippen molar-refractivity contribution in [2.24, 2.45) is 0 Å². The molecule has 1 aromatic heterocycles. The summed E-state index contributed by atoms with van der Waals surface area (Å²) < 4.78 is 30.6. The molecular formula is C14H12F2N2OS. The summed E-state index contributed by atoms with van der Waals surface area (Å²) in [6.07, 6.45) is 3.12. The minimum absolute atomic E-state index is 0.125. The predicted octanol–water partition coefficient (Wildman–Crippen LogP) is 3.40. The maximum absolute atomic E-state index is 13.3. The van der Waals surface area contributed by atoms with E-state index in [1.165, 1.54) is 12.1 Å². The summed E-state index contributed by atoms with van der Waals surface area (Å²) in [5.74, 6) is -1.35. The zero-order valence-electron chi connectivity index (χ0n) is 10.6. The number of halogens is 2. The quantitative estimate of drug-likeness (QED) is 0.850. The number of benzene rings is 1. The van der Waals surface area contributed by atoms with Crippen LogP contribution in [0.5, 0.6) is 0 Å². The third-order valence-electron chi connectivity index (χ3n) is 3.43. The van der Waals surface area contributed by atoms with Gasteiger partial charge in [-0.3, -0.25) is 4.79 Å². The zero-order valence-corrected chi connectivity index (χ0v) is 11.4. The van der Waals surface area contributed by atoms with Crippen molar-refractivity contribution in [1.82, 2.24) is 9.27 Å². The van der Waals surface area contributed by atoms with Gasteiger partial charge >= 0.3 is 0 Å². The monoisotopic (exact) mass is 294 g/mol. The van der Waals surface area contributed by atoms with Crippen molar-refractivity contribution in [1.29, 1.82) is 0 Å². The molecule has 0 radical (unpaired) electrons. The molecule has 0 bridgehead atoms. The summed E-state index contributed by atoms with van der Waals surface area (Å²) in [5.41, 5.74) is 0.512. The van der Waals surface area contributed by atoms with Gasteiger partial charge in [-0.2, -0.15) is 0 Å². The second kappa shape index (κ2) is 5.28. The van der Waals surface area contributed by atoms with Gasteiger partial charge in [0.15, 0.2) is 0 Å². The van der Waals surface area contributed by atoms with E-state index >= 15 is 0 Å². The van der Waals surface area contributed by atoms with Crippen molar-refractivity contribution < 1.29 is 13.6 Å². The molecule has 1 aromatic carbocycles. The van der Waals surface area contributed by atoms with Crippen LogP contribution in [0.4, 0.5) is 8.78 Å². The van der Waals surface area contributed by atoms with Gasteiger partial charge in [-0.05, 0) is 48.1 Å². The van der Waals surface area contributed by atoms with Crippen LogP contribution in [0.1, 0.15) is 34.1 Å². The van der Waals surface area contributed by atoms with E-state index in [9.17, 15) is 13.6 Å². The van der Waals surface area contributed by atoms with E-state index in [0.29, 0.717) is 23.4 Å². The molecule has 0 saturated carbocycles. The molecule has 1 aliphatic heterocycles. The van der Waals surface area contributed by atoms with E-state index < -0.39 is 11.6 Å². The Morgan fingerprint density at radius 1 is 1.30 bits per heavy atom. The maximum atomic E-state index is 13.3. The average Bonchev–Trinajstić information content (AvgIpc) is 3.08. The molecular weight excluding hydrogens is 282 g/mol. The third-order valence-corrected chi connectivity index (χ3v) is 4.17. The summed E-state index contributed by atoms with van der Waals surface area (Å²) in [6.45, 7) is 0.597. The van der Waals surface area contributed by atoms with E-state index in [1.807, 2.05) is 0 Å². The number of hydrogen-bond donors (Lipinski definition) is 0. The minimum atomic E-state index is -0.614. The fourth-order valence-corrected chi connectivity index (χ4v) is 3.14. The Bertz CT molecular complexity index is 610. The number of likely N-dealkylation sites (tertiary alicyclic amines) is 1. The highest BCUT2D eigenvalue weighted by Crippen LogP contribution is 2.34. The molecule has 1 saturated heterocycles. The smallest absolute Gasteiger partial charge is 0.266 e. The molecule has 0 aliphatic carbocycles. The number of amides is 1. The first kappa shape index (κ1) is 13.2. The molecule has 6 heteroatoms. The predicted molar refractivity (Wildman–Crippen MR) is 71.5 cm³/mol. The van der Waals surface area contributed by atoms with Gasteiger partial charge in [0.25, 0.3) is 5.91 Å². The second-order valence-corrected chi connectivity index (χ2v) is 5.57. The molecule has 1 unspecified atom stereocenters. The third kappa shape index (κ3) is 2.43. The van der Waals surface area contributed by atoms with Crippen LogP contribution in [-0.2, 0) is 0 Å². The van der Waals surface area contributed by atoms with Gasteiger partial charge < -0.3 is 4.90 Å². The van der Waals surface area contributed by atoms with Crippen LogP contribution in [0.2, 0.25) is 0 Å². The molecule has 104 valence electrons. The second-order valence-electron chi connectivity index (χ2n) is 4.74. The summed E-state index contributed by atoms with van der Waals surface area (Å²) in [5, 5.41) is 0. The fourth-order valence-electron chi connectivity index (χ4n) is 2.59. The largest absolute Gasteiger partial charge is 0.331 e.